The molecule has 0 aromatic heterocycles. The molecule has 0 aromatic carbocycles. The summed E-state index contributed by atoms with van der Waals surface area (Å²) in [7, 11) is 0. The molecular formula is C9H12. The molecule has 0 nitrogen and oxygen atoms in total. The lowest BCUT2D eigenvalue weighted by molar-refractivity contribution is -0.0697. The monoisotopic (exact) mass is 120 g/mol. The highest BCUT2D eigenvalue weighted by atomic mass is 14.9. The zero-order valence-electron chi connectivity index (χ0n) is 5.64. The van der Waals surface area contributed by atoms with Gasteiger partial charge in [0.25, 0.3) is 0 Å². The minimum atomic E-state index is 1.04. The quantitative estimate of drug-likeness (QED) is 0.459. The van der Waals surface area contributed by atoms with E-state index >= 15 is 0 Å². The number of hydrogen-bond acceptors (Lipinski definition) is 0. The molecule has 0 saturated heterocycles. The Morgan fingerprint density at radius 2 is 2.00 bits per heavy atom. The largest absolute Gasteiger partial charge is 0.0498 e. The predicted molar refractivity (Wildman–Crippen MR) is 34.9 cm³/mol. The van der Waals surface area contributed by atoms with Crippen LogP contribution in [0.25, 0.3) is 0 Å². The van der Waals surface area contributed by atoms with Crippen LogP contribution in [-0.4, -0.2) is 0 Å². The molecule has 0 amide bonds. The van der Waals surface area contributed by atoms with Gasteiger partial charge in [-0.05, 0) is 54.8 Å². The molecule has 2 bridgehead atoms. The smallest absolute Gasteiger partial charge is 0.0201 e. The lowest BCUT2D eigenvalue weighted by atomic mass is 9.49. The first kappa shape index (κ1) is 4.00. The summed E-state index contributed by atoms with van der Waals surface area (Å²) in [6.45, 7) is 0. The van der Waals surface area contributed by atoms with Gasteiger partial charge in [0.15, 0.2) is 0 Å². The maximum absolute atomic E-state index is 1.66. The van der Waals surface area contributed by atoms with Crippen LogP contribution in [0.4, 0.5) is 0 Å². The molecule has 0 aliphatic heterocycles. The normalized spacial score (nSPS) is 80.0. The van der Waals surface area contributed by atoms with Gasteiger partial charge in [0.1, 0.15) is 0 Å². The van der Waals surface area contributed by atoms with Crippen molar-refractivity contribution in [2.75, 3.05) is 0 Å². The van der Waals surface area contributed by atoms with Crippen molar-refractivity contribution in [3.8, 4) is 0 Å². The molecule has 5 unspecified atom stereocenters. The highest BCUT2D eigenvalue weighted by Gasteiger charge is 2.83. The van der Waals surface area contributed by atoms with E-state index in [-0.39, 0.29) is 0 Å². The van der Waals surface area contributed by atoms with Crippen LogP contribution < -0.4 is 0 Å². The first-order chi connectivity index (χ1) is 4.43. The van der Waals surface area contributed by atoms with Crippen molar-refractivity contribution in [3.63, 3.8) is 0 Å². The van der Waals surface area contributed by atoms with Crippen molar-refractivity contribution >= 4 is 0 Å². The fourth-order valence-corrected chi connectivity index (χ4v) is 4.58. The Morgan fingerprint density at radius 3 is 2.67 bits per heavy atom. The fourth-order valence-electron chi connectivity index (χ4n) is 4.58. The van der Waals surface area contributed by atoms with E-state index in [1.54, 1.807) is 25.7 Å². The standard InChI is InChI=1S/C9H12/c1-2-6-8-3-7-5(1)4-9(6,7)8/h5-8H,1-4H2. The number of fused-ring (bicyclic) bond motifs is 1. The predicted octanol–water partition coefficient (Wildman–Crippen LogP) is 2.05. The van der Waals surface area contributed by atoms with Crippen LogP contribution in [0.1, 0.15) is 25.7 Å². The molecule has 0 radical (unpaired) electrons. The number of rotatable bonds is 0. The third kappa shape index (κ3) is 0.199. The van der Waals surface area contributed by atoms with Gasteiger partial charge in [-0.25, -0.2) is 0 Å². The van der Waals surface area contributed by atoms with Gasteiger partial charge in [-0.2, -0.15) is 0 Å². The van der Waals surface area contributed by atoms with E-state index in [1.165, 1.54) is 23.7 Å². The minimum Gasteiger partial charge on any atom is -0.0498 e. The van der Waals surface area contributed by atoms with Gasteiger partial charge >= 0.3 is 0 Å². The second-order valence-electron chi connectivity index (χ2n) is 4.71. The van der Waals surface area contributed by atoms with Crippen LogP contribution in [0, 0.1) is 29.1 Å². The summed E-state index contributed by atoms with van der Waals surface area (Å²) in [5, 5.41) is 0. The Hall–Kier alpha value is 0. The maximum atomic E-state index is 1.66. The van der Waals surface area contributed by atoms with Crippen LogP contribution in [0.3, 0.4) is 0 Å². The van der Waals surface area contributed by atoms with E-state index in [9.17, 15) is 0 Å². The van der Waals surface area contributed by atoms with Gasteiger partial charge in [0.05, 0.1) is 0 Å². The first-order valence-corrected chi connectivity index (χ1v) is 4.43. The molecule has 0 N–H and O–H groups in total. The molecule has 9 heavy (non-hydrogen) atoms. The molecule has 5 aliphatic carbocycles. The highest BCUT2D eigenvalue weighted by molar-refractivity contribution is 5.31. The van der Waals surface area contributed by atoms with E-state index in [0.29, 0.717) is 0 Å². The van der Waals surface area contributed by atoms with Crippen LogP contribution in [0.5, 0.6) is 0 Å². The van der Waals surface area contributed by atoms with Gasteiger partial charge in [0.2, 0.25) is 0 Å². The molecule has 48 valence electrons. The van der Waals surface area contributed by atoms with Gasteiger partial charge in [-0.3, -0.25) is 0 Å². The number of hydrogen-bond donors (Lipinski definition) is 0. The topological polar surface area (TPSA) is 0 Å². The van der Waals surface area contributed by atoms with E-state index in [2.05, 4.69) is 0 Å². The molecular weight excluding hydrogens is 108 g/mol. The second kappa shape index (κ2) is 0.810. The summed E-state index contributed by atoms with van der Waals surface area (Å²) in [4.78, 5) is 0. The summed E-state index contributed by atoms with van der Waals surface area (Å²) in [6.07, 6.45) is 6.53. The average Bonchev–Trinajstić information content (AvgIpc) is 2.52. The third-order valence-corrected chi connectivity index (χ3v) is 4.99. The van der Waals surface area contributed by atoms with Gasteiger partial charge in [-0.1, -0.05) is 0 Å². The summed E-state index contributed by atoms with van der Waals surface area (Å²) < 4.78 is 0. The Labute approximate surface area is 55.6 Å². The van der Waals surface area contributed by atoms with Gasteiger partial charge < -0.3 is 0 Å². The van der Waals surface area contributed by atoms with Crippen molar-refractivity contribution in [1.82, 2.24) is 0 Å². The van der Waals surface area contributed by atoms with E-state index in [1.807, 2.05) is 0 Å². The molecule has 5 rings (SSSR count). The Kier molecular flexibility index (Phi) is 0.360. The summed E-state index contributed by atoms with van der Waals surface area (Å²) in [5.74, 6) is 5.01. The SMILES string of the molecule is C1CC2C3CC4C1CC423. The molecule has 5 aliphatic rings. The second-order valence-corrected chi connectivity index (χ2v) is 4.71. The van der Waals surface area contributed by atoms with Crippen molar-refractivity contribution in [1.29, 1.82) is 0 Å². The van der Waals surface area contributed by atoms with Crippen LogP contribution in [0.15, 0.2) is 0 Å². The average molecular weight is 120 g/mol. The highest BCUT2D eigenvalue weighted by Crippen LogP contribution is 2.89. The van der Waals surface area contributed by atoms with Crippen molar-refractivity contribution in [2.45, 2.75) is 25.7 Å². The molecule has 5 atom stereocenters. The Morgan fingerprint density at radius 1 is 1.00 bits per heavy atom. The van der Waals surface area contributed by atoms with E-state index < -0.39 is 0 Å². The summed E-state index contributed by atoms with van der Waals surface area (Å²) in [5.41, 5.74) is 1.04. The van der Waals surface area contributed by atoms with E-state index in [0.717, 1.165) is 5.41 Å². The molecule has 1 spiro atoms. The van der Waals surface area contributed by atoms with Crippen molar-refractivity contribution < 1.29 is 0 Å². The zero-order valence-corrected chi connectivity index (χ0v) is 5.64. The third-order valence-electron chi connectivity index (χ3n) is 4.99. The molecule has 5 fully saturated rings. The lowest BCUT2D eigenvalue weighted by Gasteiger charge is -2.56. The Bertz CT molecular complexity index is 184. The first-order valence-electron chi connectivity index (χ1n) is 4.43. The van der Waals surface area contributed by atoms with Gasteiger partial charge in [0, 0.05) is 0 Å². The maximum Gasteiger partial charge on any atom is -0.0201 e. The zero-order chi connectivity index (χ0) is 5.64. The van der Waals surface area contributed by atoms with Crippen LogP contribution in [0.2, 0.25) is 0 Å². The van der Waals surface area contributed by atoms with Crippen molar-refractivity contribution in [2.24, 2.45) is 29.1 Å². The lowest BCUT2D eigenvalue weighted by Crippen LogP contribution is -2.48. The van der Waals surface area contributed by atoms with Crippen LogP contribution in [-0.2, 0) is 0 Å². The molecule has 5 saturated carbocycles. The van der Waals surface area contributed by atoms with E-state index in [4.69, 9.17) is 0 Å². The van der Waals surface area contributed by atoms with Crippen LogP contribution >= 0.6 is 0 Å². The summed E-state index contributed by atoms with van der Waals surface area (Å²) >= 11 is 0. The van der Waals surface area contributed by atoms with Gasteiger partial charge in [-0.15, -0.1) is 0 Å². The Balaban J connectivity index is 1.93. The molecule has 0 heterocycles. The minimum absolute atomic E-state index is 1.04. The summed E-state index contributed by atoms with van der Waals surface area (Å²) in [6, 6.07) is 0. The molecule has 0 aromatic rings. The fraction of sp³-hybridized carbons (Fsp3) is 1.00. The molecule has 0 heteroatoms. The van der Waals surface area contributed by atoms with Crippen molar-refractivity contribution in [3.05, 3.63) is 0 Å².